The van der Waals surface area contributed by atoms with E-state index in [4.69, 9.17) is 14.2 Å². The van der Waals surface area contributed by atoms with Crippen molar-refractivity contribution in [1.29, 1.82) is 0 Å². The molecular weight excluding hydrogens is 450 g/mol. The molecule has 0 radical (unpaired) electrons. The average molecular weight is 486 g/mol. The van der Waals surface area contributed by atoms with Gasteiger partial charge in [-0.15, -0.1) is 0 Å². The number of nitrogens with one attached hydrogen (secondary N) is 1. The Labute approximate surface area is 213 Å². The molecular formula is C31H35NO4. The van der Waals surface area contributed by atoms with Crippen LogP contribution in [0.1, 0.15) is 29.2 Å². The molecule has 0 saturated carbocycles. The number of benzene rings is 4. The Kier molecular flexibility index (Phi) is 8.82. The summed E-state index contributed by atoms with van der Waals surface area (Å²) >= 11 is 0. The lowest BCUT2D eigenvalue weighted by molar-refractivity contribution is 0.103. The Morgan fingerprint density at radius 1 is 0.833 bits per heavy atom. The molecule has 0 amide bonds. The van der Waals surface area contributed by atoms with Crippen LogP contribution in [0.3, 0.4) is 0 Å². The highest BCUT2D eigenvalue weighted by Crippen LogP contribution is 2.31. The van der Waals surface area contributed by atoms with E-state index in [0.29, 0.717) is 6.54 Å². The molecule has 0 aliphatic heterocycles. The highest BCUT2D eigenvalue weighted by Gasteiger charge is 2.17. The molecule has 36 heavy (non-hydrogen) atoms. The van der Waals surface area contributed by atoms with Gasteiger partial charge in [-0.05, 0) is 71.5 Å². The van der Waals surface area contributed by atoms with Gasteiger partial charge in [0.25, 0.3) is 0 Å². The van der Waals surface area contributed by atoms with E-state index >= 15 is 0 Å². The van der Waals surface area contributed by atoms with Gasteiger partial charge in [-0.25, -0.2) is 0 Å². The maximum absolute atomic E-state index is 10.7. The van der Waals surface area contributed by atoms with Crippen LogP contribution in [0.15, 0.2) is 84.9 Å². The lowest BCUT2D eigenvalue weighted by Gasteiger charge is -2.23. The quantitative estimate of drug-likeness (QED) is 0.263. The third kappa shape index (κ3) is 6.56. The van der Waals surface area contributed by atoms with Crippen LogP contribution in [-0.2, 0) is 6.42 Å². The van der Waals surface area contributed by atoms with Gasteiger partial charge in [0.2, 0.25) is 0 Å². The van der Waals surface area contributed by atoms with Crippen LogP contribution in [0.4, 0.5) is 0 Å². The minimum atomic E-state index is -0.635. The predicted octanol–water partition coefficient (Wildman–Crippen LogP) is 5.87. The molecule has 0 aliphatic carbocycles. The zero-order valence-electron chi connectivity index (χ0n) is 21.2. The Bertz CT molecular complexity index is 1270. The Morgan fingerprint density at radius 3 is 2.42 bits per heavy atom. The molecule has 4 aromatic carbocycles. The van der Waals surface area contributed by atoms with Crippen molar-refractivity contribution in [3.8, 4) is 17.2 Å². The summed E-state index contributed by atoms with van der Waals surface area (Å²) in [5.41, 5.74) is 3.52. The van der Waals surface area contributed by atoms with Gasteiger partial charge < -0.3 is 24.6 Å². The Morgan fingerprint density at radius 2 is 1.61 bits per heavy atom. The highest BCUT2D eigenvalue weighted by molar-refractivity contribution is 5.86. The lowest BCUT2D eigenvalue weighted by atomic mass is 9.94. The fraction of sp³-hybridized carbons (Fsp3) is 0.290. The van der Waals surface area contributed by atoms with Gasteiger partial charge in [0.05, 0.1) is 14.2 Å². The number of hydrogen-bond acceptors (Lipinski definition) is 5. The van der Waals surface area contributed by atoms with Gasteiger partial charge in [0.1, 0.15) is 18.5 Å². The van der Waals surface area contributed by atoms with Crippen molar-refractivity contribution < 1.29 is 19.3 Å². The summed E-state index contributed by atoms with van der Waals surface area (Å²) in [4.78, 5) is 0. The molecule has 0 saturated heterocycles. The number of ether oxygens (including phenoxy) is 3. The summed E-state index contributed by atoms with van der Waals surface area (Å²) < 4.78 is 16.7. The first-order chi connectivity index (χ1) is 17.6. The predicted molar refractivity (Wildman–Crippen MR) is 145 cm³/mol. The summed E-state index contributed by atoms with van der Waals surface area (Å²) in [5, 5.41) is 16.7. The Hall–Kier alpha value is -3.54. The zero-order chi connectivity index (χ0) is 25.3. The van der Waals surface area contributed by atoms with Crippen LogP contribution in [-0.4, -0.2) is 38.6 Å². The fourth-order valence-corrected chi connectivity index (χ4v) is 4.50. The van der Waals surface area contributed by atoms with Crippen LogP contribution in [0.5, 0.6) is 17.2 Å². The van der Waals surface area contributed by atoms with Gasteiger partial charge in [0, 0.05) is 12.6 Å². The zero-order valence-corrected chi connectivity index (χ0v) is 21.2. The largest absolute Gasteiger partial charge is 0.493 e. The van der Waals surface area contributed by atoms with E-state index < -0.39 is 6.10 Å². The van der Waals surface area contributed by atoms with E-state index in [1.165, 1.54) is 21.9 Å². The molecule has 2 unspecified atom stereocenters. The second kappa shape index (κ2) is 12.4. The van der Waals surface area contributed by atoms with Gasteiger partial charge in [-0.1, -0.05) is 60.7 Å². The first-order valence-electron chi connectivity index (χ1n) is 12.4. The number of aryl methyl sites for hydroxylation is 2. The first kappa shape index (κ1) is 25.5. The van der Waals surface area contributed by atoms with Gasteiger partial charge in [-0.3, -0.25) is 0 Å². The van der Waals surface area contributed by atoms with Crippen LogP contribution in [0.25, 0.3) is 10.8 Å². The molecule has 2 atom stereocenters. The number of aliphatic hydroxyl groups excluding tert-OH is 1. The topological polar surface area (TPSA) is 60.0 Å². The summed E-state index contributed by atoms with van der Waals surface area (Å²) in [6.45, 7) is 2.68. The maximum Gasteiger partial charge on any atom is 0.160 e. The van der Waals surface area contributed by atoms with Gasteiger partial charge >= 0.3 is 0 Å². The summed E-state index contributed by atoms with van der Waals surface area (Å²) in [6.07, 6.45) is 1.07. The third-order valence-corrected chi connectivity index (χ3v) is 6.40. The van der Waals surface area contributed by atoms with Crippen molar-refractivity contribution in [3.63, 3.8) is 0 Å². The van der Waals surface area contributed by atoms with E-state index in [-0.39, 0.29) is 12.6 Å². The first-order valence-corrected chi connectivity index (χ1v) is 12.4. The molecule has 0 heterocycles. The standard InChI is InChI=1S/C31H35NO4/c1-22-8-6-11-26(18-22)36-21-25(33)20-32-29(28-13-7-10-24-9-4-5-12-27(24)28)16-14-23-15-17-30(34-2)31(19-23)35-3/h4-13,15,17-19,25,29,32-33H,14,16,20-21H2,1-3H3. The van der Waals surface area contributed by atoms with Crippen LogP contribution >= 0.6 is 0 Å². The molecule has 0 fully saturated rings. The summed E-state index contributed by atoms with van der Waals surface area (Å²) in [7, 11) is 3.30. The molecule has 4 rings (SSSR count). The normalized spacial score (nSPS) is 12.8. The number of aliphatic hydroxyl groups is 1. The summed E-state index contributed by atoms with van der Waals surface area (Å²) in [5.74, 6) is 2.23. The number of methoxy groups -OCH3 is 2. The van der Waals surface area contributed by atoms with Gasteiger partial charge in [0.15, 0.2) is 11.5 Å². The smallest absolute Gasteiger partial charge is 0.160 e. The number of rotatable bonds is 12. The van der Waals surface area contributed by atoms with E-state index in [9.17, 15) is 5.11 Å². The molecule has 0 spiro atoms. The van der Waals surface area contributed by atoms with Crippen LogP contribution in [0.2, 0.25) is 0 Å². The van der Waals surface area contributed by atoms with Crippen molar-refractivity contribution in [3.05, 3.63) is 102 Å². The van der Waals surface area contributed by atoms with Crippen molar-refractivity contribution in [2.24, 2.45) is 0 Å². The molecule has 5 heteroatoms. The minimum absolute atomic E-state index is 0.0535. The molecule has 188 valence electrons. The third-order valence-electron chi connectivity index (χ3n) is 6.40. The minimum Gasteiger partial charge on any atom is -0.493 e. The molecule has 0 aliphatic rings. The van der Waals surface area contributed by atoms with Crippen LogP contribution < -0.4 is 19.5 Å². The molecule has 0 bridgehead atoms. The van der Waals surface area contributed by atoms with E-state index in [0.717, 1.165) is 35.7 Å². The van der Waals surface area contributed by atoms with Crippen LogP contribution in [0, 0.1) is 6.92 Å². The second-order valence-corrected chi connectivity index (χ2v) is 9.04. The summed E-state index contributed by atoms with van der Waals surface area (Å²) in [6, 6.07) is 28.8. The van der Waals surface area contributed by atoms with E-state index in [2.05, 4.69) is 53.8 Å². The SMILES string of the molecule is COc1ccc(CCC(NCC(O)COc2cccc(C)c2)c2cccc3ccccc23)cc1OC. The lowest BCUT2D eigenvalue weighted by Crippen LogP contribution is -2.34. The number of fused-ring (bicyclic) bond motifs is 1. The maximum atomic E-state index is 10.7. The monoisotopic (exact) mass is 485 g/mol. The highest BCUT2D eigenvalue weighted by atomic mass is 16.5. The molecule has 4 aromatic rings. The van der Waals surface area contributed by atoms with Crippen molar-refractivity contribution in [2.45, 2.75) is 31.9 Å². The van der Waals surface area contributed by atoms with E-state index in [1.807, 2.05) is 43.3 Å². The number of hydrogen-bond donors (Lipinski definition) is 2. The van der Waals surface area contributed by atoms with Crippen molar-refractivity contribution in [1.82, 2.24) is 5.32 Å². The molecule has 2 N–H and O–H groups in total. The average Bonchev–Trinajstić information content (AvgIpc) is 2.91. The molecule has 0 aromatic heterocycles. The van der Waals surface area contributed by atoms with Crippen molar-refractivity contribution >= 4 is 10.8 Å². The van der Waals surface area contributed by atoms with Gasteiger partial charge in [-0.2, -0.15) is 0 Å². The fourth-order valence-electron chi connectivity index (χ4n) is 4.50. The van der Waals surface area contributed by atoms with E-state index in [1.54, 1.807) is 14.2 Å². The molecule has 5 nitrogen and oxygen atoms in total. The Balaban J connectivity index is 1.48. The second-order valence-electron chi connectivity index (χ2n) is 9.04. The van der Waals surface area contributed by atoms with Crippen molar-refractivity contribution in [2.75, 3.05) is 27.4 Å².